The van der Waals surface area contributed by atoms with Crippen LogP contribution in [0.25, 0.3) is 0 Å². The van der Waals surface area contributed by atoms with E-state index in [0.29, 0.717) is 11.5 Å². The SMILES string of the molecule is CCCN(C)C[C@H]1CCN([C@H](C)C(=O)Nc2sc3c(c2C#N)CCCCC3)C1. The first-order chi connectivity index (χ1) is 13.5. The fraction of sp³-hybridized carbons (Fsp3) is 0.727. The van der Waals surface area contributed by atoms with Crippen LogP contribution in [0.1, 0.15) is 62.0 Å². The van der Waals surface area contributed by atoms with E-state index >= 15 is 0 Å². The topological polar surface area (TPSA) is 59.4 Å². The minimum Gasteiger partial charge on any atom is -0.315 e. The van der Waals surface area contributed by atoms with Gasteiger partial charge in [0.05, 0.1) is 11.6 Å². The molecule has 1 saturated heterocycles. The summed E-state index contributed by atoms with van der Waals surface area (Å²) in [5, 5.41) is 13.5. The van der Waals surface area contributed by atoms with Crippen LogP contribution >= 0.6 is 11.3 Å². The lowest BCUT2D eigenvalue weighted by Gasteiger charge is -2.24. The Bertz CT molecular complexity index is 723. The maximum absolute atomic E-state index is 12.9. The van der Waals surface area contributed by atoms with E-state index in [0.717, 1.165) is 56.9 Å². The molecule has 1 aliphatic carbocycles. The lowest BCUT2D eigenvalue weighted by molar-refractivity contribution is -0.120. The molecule has 1 aromatic heterocycles. The molecule has 0 saturated carbocycles. The highest BCUT2D eigenvalue weighted by atomic mass is 32.1. The molecule has 28 heavy (non-hydrogen) atoms. The van der Waals surface area contributed by atoms with Crippen LogP contribution in [0.3, 0.4) is 0 Å². The second kappa shape index (κ2) is 9.87. The van der Waals surface area contributed by atoms with Crippen molar-refractivity contribution in [3.63, 3.8) is 0 Å². The molecule has 0 aromatic carbocycles. The van der Waals surface area contributed by atoms with Gasteiger partial charge < -0.3 is 10.2 Å². The van der Waals surface area contributed by atoms with Crippen molar-refractivity contribution >= 4 is 22.2 Å². The van der Waals surface area contributed by atoms with Crippen LogP contribution in [0.2, 0.25) is 0 Å². The predicted octanol–water partition coefficient (Wildman–Crippen LogP) is 3.88. The summed E-state index contributed by atoms with van der Waals surface area (Å²) in [6.07, 6.45) is 7.90. The van der Waals surface area contributed by atoms with Gasteiger partial charge in [-0.1, -0.05) is 13.3 Å². The Labute approximate surface area is 173 Å². The lowest BCUT2D eigenvalue weighted by Crippen LogP contribution is -2.41. The first-order valence-electron chi connectivity index (χ1n) is 10.8. The summed E-state index contributed by atoms with van der Waals surface area (Å²) >= 11 is 1.62. The molecule has 0 unspecified atom stereocenters. The van der Waals surface area contributed by atoms with Crippen molar-refractivity contribution in [3.05, 3.63) is 16.0 Å². The van der Waals surface area contributed by atoms with Crippen LogP contribution < -0.4 is 5.32 Å². The number of thiophene rings is 1. The standard InChI is InChI=1S/C22H34N4OS/c1-4-11-25(3)14-17-10-12-26(15-17)16(2)21(27)24-22-19(13-23)18-8-6-5-7-9-20(18)28-22/h16-17H,4-12,14-15H2,1-3H3,(H,24,27)/t16-,17-/m1/s1. The van der Waals surface area contributed by atoms with Crippen molar-refractivity contribution in [2.45, 2.75) is 64.8 Å². The zero-order valence-corrected chi connectivity index (χ0v) is 18.4. The van der Waals surface area contributed by atoms with Gasteiger partial charge in [-0.05, 0) is 77.1 Å². The van der Waals surface area contributed by atoms with E-state index in [1.165, 1.54) is 29.7 Å². The highest BCUT2D eigenvalue weighted by molar-refractivity contribution is 7.16. The molecule has 2 aliphatic rings. The number of likely N-dealkylation sites (tertiary alicyclic amines) is 1. The van der Waals surface area contributed by atoms with E-state index in [1.54, 1.807) is 11.3 Å². The van der Waals surface area contributed by atoms with Crippen molar-refractivity contribution in [1.29, 1.82) is 5.26 Å². The van der Waals surface area contributed by atoms with Gasteiger partial charge in [0.1, 0.15) is 11.1 Å². The molecule has 2 atom stereocenters. The van der Waals surface area contributed by atoms with E-state index in [-0.39, 0.29) is 11.9 Å². The normalized spacial score (nSPS) is 21.2. The van der Waals surface area contributed by atoms with Gasteiger partial charge in [0.15, 0.2) is 0 Å². The summed E-state index contributed by atoms with van der Waals surface area (Å²) in [6, 6.07) is 2.21. The van der Waals surface area contributed by atoms with Crippen LogP contribution in [0.4, 0.5) is 5.00 Å². The van der Waals surface area contributed by atoms with Gasteiger partial charge >= 0.3 is 0 Å². The maximum atomic E-state index is 12.9. The maximum Gasteiger partial charge on any atom is 0.242 e. The van der Waals surface area contributed by atoms with Crippen LogP contribution in [0.15, 0.2) is 0 Å². The van der Waals surface area contributed by atoms with Crippen LogP contribution in [0, 0.1) is 17.2 Å². The predicted molar refractivity (Wildman–Crippen MR) is 116 cm³/mol. The number of nitriles is 1. The zero-order valence-electron chi connectivity index (χ0n) is 17.6. The molecule has 6 heteroatoms. The van der Waals surface area contributed by atoms with Gasteiger partial charge in [-0.2, -0.15) is 5.26 Å². The summed E-state index contributed by atoms with van der Waals surface area (Å²) in [5.41, 5.74) is 1.90. The average Bonchev–Trinajstić information content (AvgIpc) is 3.18. The molecule has 2 heterocycles. The number of fused-ring (bicyclic) bond motifs is 1. The second-order valence-electron chi connectivity index (χ2n) is 8.46. The fourth-order valence-corrected chi connectivity index (χ4v) is 5.85. The molecule has 1 aliphatic heterocycles. The molecule has 1 amide bonds. The molecule has 1 fully saturated rings. The number of hydrogen-bond donors (Lipinski definition) is 1. The fourth-order valence-electron chi connectivity index (χ4n) is 4.61. The number of amides is 1. The number of carbonyl (C=O) groups excluding carboxylic acids is 1. The Balaban J connectivity index is 1.60. The highest BCUT2D eigenvalue weighted by Gasteiger charge is 2.31. The van der Waals surface area contributed by atoms with Crippen molar-refractivity contribution in [3.8, 4) is 6.07 Å². The lowest BCUT2D eigenvalue weighted by atomic mass is 10.1. The Morgan fingerprint density at radius 2 is 2.18 bits per heavy atom. The number of anilines is 1. The number of carbonyl (C=O) groups is 1. The minimum atomic E-state index is -0.157. The molecule has 1 N–H and O–H groups in total. The Hall–Kier alpha value is -1.42. The third-order valence-electron chi connectivity index (χ3n) is 6.19. The van der Waals surface area contributed by atoms with Gasteiger partial charge in [0, 0.05) is 18.0 Å². The average molecular weight is 403 g/mol. The first kappa shape index (κ1) is 21.3. The third kappa shape index (κ3) is 4.94. The Morgan fingerprint density at radius 3 is 2.93 bits per heavy atom. The summed E-state index contributed by atoms with van der Waals surface area (Å²) in [6.45, 7) is 8.41. The number of nitrogens with zero attached hydrogens (tertiary/aromatic N) is 3. The smallest absolute Gasteiger partial charge is 0.242 e. The van der Waals surface area contributed by atoms with E-state index in [9.17, 15) is 10.1 Å². The molecule has 1 aromatic rings. The zero-order chi connectivity index (χ0) is 20.1. The molecule has 0 bridgehead atoms. The molecule has 5 nitrogen and oxygen atoms in total. The van der Waals surface area contributed by atoms with Crippen LogP contribution in [-0.4, -0.2) is 55.0 Å². The molecule has 3 rings (SSSR count). The summed E-state index contributed by atoms with van der Waals surface area (Å²) < 4.78 is 0. The summed E-state index contributed by atoms with van der Waals surface area (Å²) in [5.74, 6) is 0.662. The van der Waals surface area contributed by atoms with Crippen molar-refractivity contribution in [1.82, 2.24) is 9.80 Å². The number of hydrogen-bond acceptors (Lipinski definition) is 5. The number of nitrogens with one attached hydrogen (secondary N) is 1. The minimum absolute atomic E-state index is 0.0236. The quantitative estimate of drug-likeness (QED) is 0.703. The van der Waals surface area contributed by atoms with Crippen molar-refractivity contribution in [2.75, 3.05) is 38.5 Å². The van der Waals surface area contributed by atoms with Gasteiger partial charge in [-0.15, -0.1) is 11.3 Å². The van der Waals surface area contributed by atoms with E-state index in [1.807, 2.05) is 6.92 Å². The monoisotopic (exact) mass is 402 g/mol. The summed E-state index contributed by atoms with van der Waals surface area (Å²) in [4.78, 5) is 18.9. The molecular formula is C22H34N4OS. The first-order valence-corrected chi connectivity index (χ1v) is 11.6. The Morgan fingerprint density at radius 1 is 1.39 bits per heavy atom. The van der Waals surface area contributed by atoms with E-state index < -0.39 is 0 Å². The highest BCUT2D eigenvalue weighted by Crippen LogP contribution is 2.37. The number of rotatable bonds is 7. The van der Waals surface area contributed by atoms with E-state index in [4.69, 9.17) is 0 Å². The largest absolute Gasteiger partial charge is 0.315 e. The van der Waals surface area contributed by atoms with Crippen molar-refractivity contribution in [2.24, 2.45) is 5.92 Å². The van der Waals surface area contributed by atoms with Gasteiger partial charge in [0.25, 0.3) is 0 Å². The van der Waals surface area contributed by atoms with Gasteiger partial charge in [0.2, 0.25) is 5.91 Å². The van der Waals surface area contributed by atoms with Crippen LogP contribution in [-0.2, 0) is 17.6 Å². The number of aryl methyl sites for hydroxylation is 1. The molecule has 0 radical (unpaired) electrons. The van der Waals surface area contributed by atoms with Crippen LogP contribution in [0.5, 0.6) is 0 Å². The van der Waals surface area contributed by atoms with E-state index in [2.05, 4.69) is 35.2 Å². The second-order valence-corrected chi connectivity index (χ2v) is 9.56. The van der Waals surface area contributed by atoms with Crippen molar-refractivity contribution < 1.29 is 4.79 Å². The molecular weight excluding hydrogens is 368 g/mol. The van der Waals surface area contributed by atoms with Gasteiger partial charge in [-0.25, -0.2) is 0 Å². The molecule has 0 spiro atoms. The molecule has 154 valence electrons. The third-order valence-corrected chi connectivity index (χ3v) is 7.40. The Kier molecular flexibility index (Phi) is 7.50. The van der Waals surface area contributed by atoms with Gasteiger partial charge in [-0.3, -0.25) is 9.69 Å². The summed E-state index contributed by atoms with van der Waals surface area (Å²) in [7, 11) is 2.19.